The standard InChI is InChI=1S/C28H21NO2/c1-16-10-11-21(23-14-17-6-2-3-7-18(17)15-29-23)26-25(16)22-13-12-20-19-8-4-5-9-24(19)30-27(20)28(22)31-26/h4-5,8-15H,2-3,6-7H2,1H3/i1D3. The monoisotopic (exact) mass is 406 g/mol. The lowest BCUT2D eigenvalue weighted by atomic mass is 9.92. The van der Waals surface area contributed by atoms with Gasteiger partial charge in [-0.25, -0.2) is 0 Å². The number of aromatic nitrogens is 1. The maximum absolute atomic E-state index is 8.17. The molecule has 0 saturated carbocycles. The van der Waals surface area contributed by atoms with Crippen LogP contribution in [0.25, 0.3) is 55.1 Å². The van der Waals surface area contributed by atoms with Crippen LogP contribution in [-0.2, 0) is 12.8 Å². The second-order valence-electron chi connectivity index (χ2n) is 8.43. The van der Waals surface area contributed by atoms with E-state index in [9.17, 15) is 0 Å². The molecule has 0 bridgehead atoms. The van der Waals surface area contributed by atoms with E-state index in [0.717, 1.165) is 45.8 Å². The Balaban J connectivity index is 1.59. The topological polar surface area (TPSA) is 39.2 Å². The van der Waals surface area contributed by atoms with Gasteiger partial charge in [0, 0.05) is 37.4 Å². The summed E-state index contributed by atoms with van der Waals surface area (Å²) >= 11 is 0. The Morgan fingerprint density at radius 3 is 2.58 bits per heavy atom. The van der Waals surface area contributed by atoms with Gasteiger partial charge in [0.15, 0.2) is 11.2 Å². The van der Waals surface area contributed by atoms with E-state index in [4.69, 9.17) is 17.9 Å². The average molecular weight is 406 g/mol. The molecule has 1 aliphatic carbocycles. The third-order valence-corrected chi connectivity index (χ3v) is 6.63. The first-order chi connectivity index (χ1) is 16.5. The molecule has 0 fully saturated rings. The molecule has 0 saturated heterocycles. The molecule has 3 aromatic carbocycles. The van der Waals surface area contributed by atoms with E-state index < -0.39 is 6.85 Å². The van der Waals surface area contributed by atoms with Gasteiger partial charge in [0.1, 0.15) is 11.2 Å². The number of hydrogen-bond donors (Lipinski definition) is 0. The third-order valence-electron chi connectivity index (χ3n) is 6.63. The van der Waals surface area contributed by atoms with Gasteiger partial charge in [-0.15, -0.1) is 0 Å². The van der Waals surface area contributed by atoms with E-state index in [0.29, 0.717) is 22.1 Å². The predicted molar refractivity (Wildman–Crippen MR) is 126 cm³/mol. The zero-order valence-electron chi connectivity index (χ0n) is 19.9. The molecule has 0 radical (unpaired) electrons. The van der Waals surface area contributed by atoms with Crippen LogP contribution < -0.4 is 0 Å². The zero-order valence-corrected chi connectivity index (χ0v) is 16.9. The normalized spacial score (nSPS) is 15.9. The highest BCUT2D eigenvalue weighted by molar-refractivity contribution is 6.20. The first kappa shape index (κ1) is 14.4. The smallest absolute Gasteiger partial charge is 0.178 e. The number of pyridine rings is 1. The molecule has 7 rings (SSSR count). The minimum atomic E-state index is -2.28. The highest BCUT2D eigenvalue weighted by atomic mass is 16.4. The van der Waals surface area contributed by atoms with Gasteiger partial charge in [0.25, 0.3) is 0 Å². The minimum Gasteiger partial charge on any atom is -0.452 e. The number of rotatable bonds is 1. The van der Waals surface area contributed by atoms with Crippen molar-refractivity contribution in [1.82, 2.24) is 4.98 Å². The lowest BCUT2D eigenvalue weighted by Crippen LogP contribution is -2.03. The first-order valence-electron chi connectivity index (χ1n) is 12.3. The summed E-state index contributed by atoms with van der Waals surface area (Å²) in [6.07, 6.45) is 6.44. The van der Waals surface area contributed by atoms with Crippen LogP contribution in [0.2, 0.25) is 0 Å². The summed E-state index contributed by atoms with van der Waals surface area (Å²) in [7, 11) is 0. The Bertz CT molecular complexity index is 1760. The largest absolute Gasteiger partial charge is 0.452 e. The summed E-state index contributed by atoms with van der Waals surface area (Å²) < 4.78 is 37.2. The van der Waals surface area contributed by atoms with Gasteiger partial charge < -0.3 is 8.83 Å². The van der Waals surface area contributed by atoms with Crippen LogP contribution in [0.15, 0.2) is 69.6 Å². The highest BCUT2D eigenvalue weighted by Crippen LogP contribution is 2.42. The average Bonchev–Trinajstić information content (AvgIpc) is 3.41. The van der Waals surface area contributed by atoms with Gasteiger partial charge in [-0.2, -0.15) is 0 Å². The predicted octanol–water partition coefficient (Wildman–Crippen LogP) is 7.73. The Hall–Kier alpha value is -3.59. The van der Waals surface area contributed by atoms with Crippen molar-refractivity contribution in [1.29, 1.82) is 0 Å². The lowest BCUT2D eigenvalue weighted by molar-refractivity contribution is 0.633. The Morgan fingerprint density at radius 2 is 1.65 bits per heavy atom. The van der Waals surface area contributed by atoms with Crippen LogP contribution in [0.3, 0.4) is 0 Å². The molecule has 0 unspecified atom stereocenters. The number of nitrogens with zero attached hydrogens (tertiary/aromatic N) is 1. The molecule has 0 spiro atoms. The second kappa shape index (κ2) is 6.21. The van der Waals surface area contributed by atoms with Crippen LogP contribution in [0.1, 0.15) is 33.6 Å². The first-order valence-corrected chi connectivity index (χ1v) is 10.8. The maximum atomic E-state index is 8.17. The number of aryl methyl sites for hydroxylation is 3. The van der Waals surface area contributed by atoms with Crippen LogP contribution in [-0.4, -0.2) is 4.98 Å². The van der Waals surface area contributed by atoms with Crippen molar-refractivity contribution in [2.75, 3.05) is 0 Å². The van der Waals surface area contributed by atoms with Crippen molar-refractivity contribution in [3.63, 3.8) is 0 Å². The molecule has 150 valence electrons. The SMILES string of the molecule is [2H]C([2H])([2H])c1ccc(-c2cc3c(cn2)CCCC3)c2oc3c(ccc4c5ccccc5oc43)c12. The molecule has 3 nitrogen and oxygen atoms in total. The molecule has 0 atom stereocenters. The van der Waals surface area contributed by atoms with Crippen molar-refractivity contribution < 1.29 is 12.9 Å². The third kappa shape index (κ3) is 2.37. The maximum Gasteiger partial charge on any atom is 0.178 e. The van der Waals surface area contributed by atoms with Gasteiger partial charge in [-0.3, -0.25) is 4.98 Å². The fraction of sp³-hybridized carbons (Fsp3) is 0.179. The van der Waals surface area contributed by atoms with E-state index in [1.165, 1.54) is 24.0 Å². The summed E-state index contributed by atoms with van der Waals surface area (Å²) in [5.41, 5.74) is 7.03. The van der Waals surface area contributed by atoms with E-state index >= 15 is 0 Å². The molecule has 0 aliphatic heterocycles. The van der Waals surface area contributed by atoms with Crippen molar-refractivity contribution in [3.05, 3.63) is 77.5 Å². The summed E-state index contributed by atoms with van der Waals surface area (Å²) in [6.45, 7) is -2.28. The summed E-state index contributed by atoms with van der Waals surface area (Å²) in [6, 6.07) is 17.5. The van der Waals surface area contributed by atoms with Gasteiger partial charge in [0.05, 0.1) is 5.69 Å². The number of benzene rings is 3. The molecule has 0 amide bonds. The summed E-state index contributed by atoms with van der Waals surface area (Å²) in [4.78, 5) is 4.75. The zero-order chi connectivity index (χ0) is 23.0. The molecule has 31 heavy (non-hydrogen) atoms. The number of para-hydroxylation sites is 1. The highest BCUT2D eigenvalue weighted by Gasteiger charge is 2.20. The molecular weight excluding hydrogens is 382 g/mol. The van der Waals surface area contributed by atoms with E-state index in [1.54, 1.807) is 6.07 Å². The quantitative estimate of drug-likeness (QED) is 0.280. The van der Waals surface area contributed by atoms with Crippen molar-refractivity contribution in [2.45, 2.75) is 32.5 Å². The molecule has 1 aliphatic rings. The Labute approximate surface area is 183 Å². The van der Waals surface area contributed by atoms with Crippen LogP contribution >= 0.6 is 0 Å². The van der Waals surface area contributed by atoms with E-state index in [-0.39, 0.29) is 5.56 Å². The minimum absolute atomic E-state index is 0.276. The van der Waals surface area contributed by atoms with Crippen LogP contribution in [0.4, 0.5) is 0 Å². The Kier molecular flexibility index (Phi) is 2.89. The van der Waals surface area contributed by atoms with Crippen molar-refractivity contribution >= 4 is 43.9 Å². The molecule has 3 aromatic heterocycles. The molecule has 6 aromatic rings. The summed E-state index contributed by atoms with van der Waals surface area (Å²) in [5, 5.41) is 3.31. The van der Waals surface area contributed by atoms with Crippen LogP contribution in [0, 0.1) is 6.85 Å². The van der Waals surface area contributed by atoms with Gasteiger partial charge in [-0.1, -0.05) is 24.3 Å². The van der Waals surface area contributed by atoms with Gasteiger partial charge in [0.2, 0.25) is 0 Å². The van der Waals surface area contributed by atoms with Crippen molar-refractivity contribution in [2.24, 2.45) is 0 Å². The lowest BCUT2D eigenvalue weighted by Gasteiger charge is -2.16. The second-order valence-corrected chi connectivity index (χ2v) is 8.43. The number of fused-ring (bicyclic) bond motifs is 8. The van der Waals surface area contributed by atoms with Crippen molar-refractivity contribution in [3.8, 4) is 11.3 Å². The van der Waals surface area contributed by atoms with Crippen LogP contribution in [0.5, 0.6) is 0 Å². The van der Waals surface area contributed by atoms with E-state index in [1.807, 2.05) is 48.7 Å². The molecule has 0 N–H and O–H groups in total. The number of hydrogen-bond acceptors (Lipinski definition) is 3. The van der Waals surface area contributed by atoms with E-state index in [2.05, 4.69) is 6.07 Å². The van der Waals surface area contributed by atoms with Gasteiger partial charge >= 0.3 is 0 Å². The molecular formula is C28H21NO2. The number of furan rings is 2. The molecule has 3 heteroatoms. The van der Waals surface area contributed by atoms with Gasteiger partial charge in [-0.05, 0) is 79.6 Å². The fourth-order valence-electron chi connectivity index (χ4n) is 5.08. The molecule has 3 heterocycles. The fourth-order valence-corrected chi connectivity index (χ4v) is 5.08. The Morgan fingerprint density at radius 1 is 0.806 bits per heavy atom. The summed E-state index contributed by atoms with van der Waals surface area (Å²) in [5.74, 6) is 0.